The first-order chi connectivity index (χ1) is 7.03. The quantitative estimate of drug-likeness (QED) is 0.827. The summed E-state index contributed by atoms with van der Waals surface area (Å²) in [6, 6.07) is 1.73. The molecule has 86 valence electrons. The number of sulfone groups is 1. The Morgan fingerprint density at radius 2 is 2.27 bits per heavy atom. The molecule has 0 spiro atoms. The number of hydrogen-bond donors (Lipinski definition) is 1. The van der Waals surface area contributed by atoms with Gasteiger partial charge >= 0.3 is 0 Å². The van der Waals surface area contributed by atoms with E-state index in [1.165, 1.54) is 0 Å². The van der Waals surface area contributed by atoms with Crippen molar-refractivity contribution >= 4 is 21.2 Å². The molecule has 5 heteroatoms. The summed E-state index contributed by atoms with van der Waals surface area (Å²) in [4.78, 5) is 0. The summed E-state index contributed by atoms with van der Waals surface area (Å²) in [6.45, 7) is 1.90. The fourth-order valence-electron chi connectivity index (χ4n) is 1.24. The van der Waals surface area contributed by atoms with Crippen molar-refractivity contribution in [3.05, 3.63) is 22.4 Å². The Kier molecular flexibility index (Phi) is 4.76. The predicted octanol–water partition coefficient (Wildman–Crippen LogP) is 1.44. The van der Waals surface area contributed by atoms with Gasteiger partial charge in [-0.15, -0.1) is 0 Å². The molecule has 1 unspecified atom stereocenters. The first-order valence-corrected chi connectivity index (χ1v) is 7.77. The maximum Gasteiger partial charge on any atom is 0.152 e. The van der Waals surface area contributed by atoms with E-state index in [2.05, 4.69) is 0 Å². The van der Waals surface area contributed by atoms with Crippen LogP contribution in [0.4, 0.5) is 0 Å². The molecule has 1 aromatic heterocycles. The lowest BCUT2D eigenvalue weighted by atomic mass is 10.3. The van der Waals surface area contributed by atoms with Gasteiger partial charge in [-0.25, -0.2) is 8.42 Å². The van der Waals surface area contributed by atoms with Gasteiger partial charge in [0.25, 0.3) is 0 Å². The van der Waals surface area contributed by atoms with Gasteiger partial charge in [0.2, 0.25) is 0 Å². The van der Waals surface area contributed by atoms with Crippen LogP contribution in [0.5, 0.6) is 0 Å². The number of rotatable bonds is 6. The van der Waals surface area contributed by atoms with E-state index < -0.39 is 9.84 Å². The Morgan fingerprint density at radius 3 is 2.80 bits per heavy atom. The molecule has 0 aliphatic carbocycles. The summed E-state index contributed by atoms with van der Waals surface area (Å²) in [6.07, 6.45) is 1.31. The van der Waals surface area contributed by atoms with E-state index >= 15 is 0 Å². The Bertz CT molecular complexity index is 370. The second kappa shape index (κ2) is 5.63. The second-order valence-electron chi connectivity index (χ2n) is 3.66. The average molecular weight is 247 g/mol. The molecule has 0 radical (unpaired) electrons. The van der Waals surface area contributed by atoms with Gasteiger partial charge in [0.05, 0.1) is 11.5 Å². The summed E-state index contributed by atoms with van der Waals surface area (Å²) in [7, 11) is -2.99. The Morgan fingerprint density at radius 1 is 1.53 bits per heavy atom. The van der Waals surface area contributed by atoms with Gasteiger partial charge in [-0.3, -0.25) is 0 Å². The molecule has 0 aliphatic heterocycles. The summed E-state index contributed by atoms with van der Waals surface area (Å²) in [5.41, 5.74) is 6.72. The highest BCUT2D eigenvalue weighted by atomic mass is 32.2. The minimum atomic E-state index is -2.99. The van der Waals surface area contributed by atoms with Gasteiger partial charge in [-0.05, 0) is 35.2 Å². The highest BCUT2D eigenvalue weighted by Gasteiger charge is 2.14. The lowest BCUT2D eigenvalue weighted by Gasteiger charge is -2.08. The fourth-order valence-corrected chi connectivity index (χ4v) is 3.54. The van der Waals surface area contributed by atoms with Gasteiger partial charge in [-0.1, -0.05) is 6.92 Å². The lowest BCUT2D eigenvalue weighted by Crippen LogP contribution is -2.30. The smallest absolute Gasteiger partial charge is 0.152 e. The lowest BCUT2D eigenvalue weighted by molar-refractivity contribution is 0.583. The van der Waals surface area contributed by atoms with Crippen LogP contribution in [-0.4, -0.2) is 26.0 Å². The maximum atomic E-state index is 11.6. The molecule has 0 bridgehead atoms. The molecule has 1 heterocycles. The predicted molar refractivity (Wildman–Crippen MR) is 64.9 cm³/mol. The zero-order valence-electron chi connectivity index (χ0n) is 8.85. The summed E-state index contributed by atoms with van der Waals surface area (Å²) in [5, 5.41) is 3.94. The molecule has 0 fully saturated rings. The standard InChI is InChI=1S/C10H17NO2S2/c1-2-10(11)8-15(12,13)6-4-9-3-5-14-7-9/h3,5,7,10H,2,4,6,8,11H2,1H3. The van der Waals surface area contributed by atoms with Crippen molar-refractivity contribution in [2.45, 2.75) is 25.8 Å². The van der Waals surface area contributed by atoms with Gasteiger partial charge < -0.3 is 5.73 Å². The molecule has 1 rings (SSSR count). The van der Waals surface area contributed by atoms with Crippen molar-refractivity contribution in [1.82, 2.24) is 0 Å². The fraction of sp³-hybridized carbons (Fsp3) is 0.600. The van der Waals surface area contributed by atoms with Crippen LogP contribution in [0, 0.1) is 0 Å². The van der Waals surface area contributed by atoms with Gasteiger partial charge in [-0.2, -0.15) is 11.3 Å². The minimum Gasteiger partial charge on any atom is -0.327 e. The number of nitrogens with two attached hydrogens (primary N) is 1. The monoisotopic (exact) mass is 247 g/mol. The van der Waals surface area contributed by atoms with Crippen LogP contribution < -0.4 is 5.73 Å². The van der Waals surface area contributed by atoms with Crippen LogP contribution in [0.25, 0.3) is 0 Å². The van der Waals surface area contributed by atoms with Crippen molar-refractivity contribution in [3.8, 4) is 0 Å². The summed E-state index contributed by atoms with van der Waals surface area (Å²) >= 11 is 1.59. The van der Waals surface area contributed by atoms with Crippen molar-refractivity contribution < 1.29 is 8.42 Å². The van der Waals surface area contributed by atoms with Crippen LogP contribution >= 0.6 is 11.3 Å². The Balaban J connectivity index is 2.43. The Labute approximate surface area is 95.2 Å². The Hall–Kier alpha value is -0.390. The van der Waals surface area contributed by atoms with E-state index in [1.807, 2.05) is 23.8 Å². The van der Waals surface area contributed by atoms with Crippen molar-refractivity contribution in [2.24, 2.45) is 5.73 Å². The zero-order valence-corrected chi connectivity index (χ0v) is 10.5. The largest absolute Gasteiger partial charge is 0.327 e. The van der Waals surface area contributed by atoms with E-state index in [9.17, 15) is 8.42 Å². The highest BCUT2D eigenvalue weighted by molar-refractivity contribution is 7.91. The number of hydrogen-bond acceptors (Lipinski definition) is 4. The van der Waals surface area contributed by atoms with E-state index in [0.717, 1.165) is 5.56 Å². The normalized spacial score (nSPS) is 14.0. The minimum absolute atomic E-state index is 0.105. The molecule has 0 saturated carbocycles. The molecular weight excluding hydrogens is 230 g/mol. The topological polar surface area (TPSA) is 60.2 Å². The van der Waals surface area contributed by atoms with Gasteiger partial charge in [0.1, 0.15) is 0 Å². The first-order valence-electron chi connectivity index (χ1n) is 5.00. The summed E-state index contributed by atoms with van der Waals surface area (Å²) < 4.78 is 23.2. The van der Waals surface area contributed by atoms with Crippen LogP contribution in [0.15, 0.2) is 16.8 Å². The van der Waals surface area contributed by atoms with Crippen molar-refractivity contribution in [2.75, 3.05) is 11.5 Å². The molecular formula is C10H17NO2S2. The molecule has 0 saturated heterocycles. The molecule has 0 amide bonds. The number of aryl methyl sites for hydroxylation is 1. The number of thiophene rings is 1. The van der Waals surface area contributed by atoms with E-state index in [0.29, 0.717) is 12.8 Å². The van der Waals surface area contributed by atoms with Crippen molar-refractivity contribution in [3.63, 3.8) is 0 Å². The molecule has 0 aromatic carbocycles. The molecule has 2 N–H and O–H groups in total. The van der Waals surface area contributed by atoms with E-state index in [-0.39, 0.29) is 17.5 Å². The molecule has 1 atom stereocenters. The van der Waals surface area contributed by atoms with Crippen LogP contribution in [-0.2, 0) is 16.3 Å². The third kappa shape index (κ3) is 4.77. The van der Waals surface area contributed by atoms with Crippen LogP contribution in [0.3, 0.4) is 0 Å². The van der Waals surface area contributed by atoms with Crippen molar-refractivity contribution in [1.29, 1.82) is 0 Å². The first kappa shape index (κ1) is 12.7. The van der Waals surface area contributed by atoms with Crippen LogP contribution in [0.1, 0.15) is 18.9 Å². The second-order valence-corrected chi connectivity index (χ2v) is 6.67. The van der Waals surface area contributed by atoms with E-state index in [1.54, 1.807) is 11.3 Å². The highest BCUT2D eigenvalue weighted by Crippen LogP contribution is 2.08. The zero-order chi connectivity index (χ0) is 11.3. The van der Waals surface area contributed by atoms with E-state index in [4.69, 9.17) is 5.73 Å². The third-order valence-electron chi connectivity index (χ3n) is 2.27. The van der Waals surface area contributed by atoms with Gasteiger partial charge in [0.15, 0.2) is 9.84 Å². The third-order valence-corrected chi connectivity index (χ3v) is 4.77. The van der Waals surface area contributed by atoms with Gasteiger partial charge in [0, 0.05) is 6.04 Å². The summed E-state index contributed by atoms with van der Waals surface area (Å²) in [5.74, 6) is 0.311. The molecule has 15 heavy (non-hydrogen) atoms. The molecule has 1 aromatic rings. The SMILES string of the molecule is CCC(N)CS(=O)(=O)CCc1ccsc1. The maximum absolute atomic E-state index is 11.6. The van der Waals surface area contributed by atoms with Crippen LogP contribution in [0.2, 0.25) is 0 Å². The average Bonchev–Trinajstić information content (AvgIpc) is 2.66. The molecule has 3 nitrogen and oxygen atoms in total. The molecule has 0 aliphatic rings.